The van der Waals surface area contributed by atoms with Gasteiger partial charge in [0.15, 0.2) is 0 Å². The fourth-order valence-corrected chi connectivity index (χ4v) is 1.51. The first-order valence-electron chi connectivity index (χ1n) is 6.00. The topological polar surface area (TPSA) is 55.4 Å². The van der Waals surface area contributed by atoms with Gasteiger partial charge >= 0.3 is 5.97 Å². The first-order chi connectivity index (χ1) is 7.65. The van der Waals surface area contributed by atoms with E-state index < -0.39 is 0 Å². The quantitative estimate of drug-likeness (QED) is 0.647. The van der Waals surface area contributed by atoms with Gasteiger partial charge in [0.1, 0.15) is 0 Å². The summed E-state index contributed by atoms with van der Waals surface area (Å²) in [7, 11) is 1.35. The number of hydrogen-bond acceptors (Lipinski definition) is 3. The molecule has 0 saturated carbocycles. The van der Waals surface area contributed by atoms with Crippen molar-refractivity contribution in [3.8, 4) is 0 Å². The normalized spacial score (nSPS) is 11.9. The van der Waals surface area contributed by atoms with Crippen LogP contribution in [-0.2, 0) is 14.3 Å². The summed E-state index contributed by atoms with van der Waals surface area (Å²) < 4.78 is 4.49. The van der Waals surface area contributed by atoms with Gasteiger partial charge in [-0.1, -0.05) is 26.7 Å². The molecule has 0 saturated heterocycles. The van der Waals surface area contributed by atoms with Crippen molar-refractivity contribution in [2.75, 3.05) is 13.7 Å². The fraction of sp³-hybridized carbons (Fsp3) is 0.833. The number of carbonyl (C=O) groups excluding carboxylic acids is 2. The minimum absolute atomic E-state index is 0.0554. The van der Waals surface area contributed by atoms with Crippen LogP contribution in [0.4, 0.5) is 0 Å². The second kappa shape index (κ2) is 9.19. The highest BCUT2D eigenvalue weighted by Gasteiger charge is 2.15. The maximum absolute atomic E-state index is 11.7. The molecule has 0 aliphatic carbocycles. The molecule has 0 spiro atoms. The molecule has 16 heavy (non-hydrogen) atoms. The summed E-state index contributed by atoms with van der Waals surface area (Å²) in [6.45, 7) is 4.50. The van der Waals surface area contributed by atoms with Crippen LogP contribution in [0.5, 0.6) is 0 Å². The molecule has 0 rings (SSSR count). The highest BCUT2D eigenvalue weighted by Crippen LogP contribution is 2.12. The van der Waals surface area contributed by atoms with Crippen LogP contribution in [0.3, 0.4) is 0 Å². The highest BCUT2D eigenvalue weighted by atomic mass is 16.5. The monoisotopic (exact) mass is 229 g/mol. The Balaban J connectivity index is 3.79. The van der Waals surface area contributed by atoms with E-state index in [4.69, 9.17) is 0 Å². The van der Waals surface area contributed by atoms with E-state index in [0.717, 1.165) is 25.7 Å². The van der Waals surface area contributed by atoms with Crippen LogP contribution in [0.2, 0.25) is 0 Å². The average molecular weight is 229 g/mol. The zero-order chi connectivity index (χ0) is 12.4. The van der Waals surface area contributed by atoms with Crippen LogP contribution >= 0.6 is 0 Å². The molecule has 0 aromatic heterocycles. The lowest BCUT2D eigenvalue weighted by Gasteiger charge is -2.14. The van der Waals surface area contributed by atoms with E-state index in [2.05, 4.69) is 17.0 Å². The van der Waals surface area contributed by atoms with E-state index in [9.17, 15) is 9.59 Å². The van der Waals surface area contributed by atoms with Crippen molar-refractivity contribution < 1.29 is 14.3 Å². The SMILES string of the molecule is CCCCC(CC)C(=O)NCCC(=O)OC. The molecule has 0 heterocycles. The predicted octanol–water partition coefficient (Wildman–Crippen LogP) is 1.88. The van der Waals surface area contributed by atoms with Crippen molar-refractivity contribution in [1.29, 1.82) is 0 Å². The summed E-state index contributed by atoms with van der Waals surface area (Å²) in [5, 5.41) is 2.77. The fourth-order valence-electron chi connectivity index (χ4n) is 1.51. The molecule has 1 N–H and O–H groups in total. The molecule has 0 radical (unpaired) electrons. The molecule has 1 amide bonds. The maximum Gasteiger partial charge on any atom is 0.307 e. The van der Waals surface area contributed by atoms with E-state index in [0.29, 0.717) is 6.54 Å². The van der Waals surface area contributed by atoms with Crippen molar-refractivity contribution in [3.63, 3.8) is 0 Å². The van der Waals surface area contributed by atoms with Gasteiger partial charge in [-0.25, -0.2) is 0 Å². The summed E-state index contributed by atoms with van der Waals surface area (Å²) in [6, 6.07) is 0. The molecule has 4 nitrogen and oxygen atoms in total. The Labute approximate surface area is 97.7 Å². The first kappa shape index (κ1) is 14.9. The van der Waals surface area contributed by atoms with Crippen LogP contribution in [0.25, 0.3) is 0 Å². The largest absolute Gasteiger partial charge is 0.469 e. The number of unbranched alkanes of at least 4 members (excludes halogenated alkanes) is 1. The van der Waals surface area contributed by atoms with Gasteiger partial charge in [-0.3, -0.25) is 9.59 Å². The Morgan fingerprint density at radius 1 is 1.31 bits per heavy atom. The summed E-state index contributed by atoms with van der Waals surface area (Å²) in [5.74, 6) is -0.153. The molecule has 0 bridgehead atoms. The van der Waals surface area contributed by atoms with Gasteiger partial charge in [0.05, 0.1) is 13.5 Å². The third-order valence-corrected chi connectivity index (χ3v) is 2.63. The first-order valence-corrected chi connectivity index (χ1v) is 6.00. The van der Waals surface area contributed by atoms with Crippen LogP contribution in [0, 0.1) is 5.92 Å². The predicted molar refractivity (Wildman–Crippen MR) is 62.9 cm³/mol. The molecule has 0 aliphatic heterocycles. The highest BCUT2D eigenvalue weighted by molar-refractivity contribution is 5.79. The number of carbonyl (C=O) groups is 2. The Morgan fingerprint density at radius 3 is 2.50 bits per heavy atom. The summed E-state index contributed by atoms with van der Waals surface area (Å²) in [4.78, 5) is 22.5. The Morgan fingerprint density at radius 2 is 2.00 bits per heavy atom. The minimum Gasteiger partial charge on any atom is -0.469 e. The van der Waals surface area contributed by atoms with Gasteiger partial charge in [-0.05, 0) is 12.8 Å². The number of esters is 1. The maximum atomic E-state index is 11.7. The standard InChI is InChI=1S/C12H23NO3/c1-4-6-7-10(5-2)12(15)13-9-8-11(14)16-3/h10H,4-9H2,1-3H3,(H,13,15). The molecule has 0 aromatic carbocycles. The summed E-state index contributed by atoms with van der Waals surface area (Å²) in [5.41, 5.74) is 0. The van der Waals surface area contributed by atoms with Crippen molar-refractivity contribution in [2.45, 2.75) is 46.0 Å². The molecular weight excluding hydrogens is 206 g/mol. The van der Waals surface area contributed by atoms with Gasteiger partial charge < -0.3 is 10.1 Å². The molecule has 1 unspecified atom stereocenters. The number of ether oxygens (including phenoxy) is 1. The van der Waals surface area contributed by atoms with Gasteiger partial charge in [0.25, 0.3) is 0 Å². The van der Waals surface area contributed by atoms with Crippen molar-refractivity contribution in [1.82, 2.24) is 5.32 Å². The number of hydrogen-bond donors (Lipinski definition) is 1. The lowest BCUT2D eigenvalue weighted by molar-refractivity contribution is -0.140. The zero-order valence-electron chi connectivity index (χ0n) is 10.5. The number of amides is 1. The van der Waals surface area contributed by atoms with Gasteiger partial charge in [0.2, 0.25) is 5.91 Å². The zero-order valence-corrected chi connectivity index (χ0v) is 10.5. The van der Waals surface area contributed by atoms with E-state index >= 15 is 0 Å². The molecule has 0 aromatic rings. The smallest absolute Gasteiger partial charge is 0.307 e. The molecular formula is C12H23NO3. The van der Waals surface area contributed by atoms with Gasteiger partial charge in [-0.2, -0.15) is 0 Å². The van der Waals surface area contributed by atoms with Crippen LogP contribution in [-0.4, -0.2) is 25.5 Å². The van der Waals surface area contributed by atoms with Crippen molar-refractivity contribution in [2.24, 2.45) is 5.92 Å². The summed E-state index contributed by atoms with van der Waals surface area (Å²) >= 11 is 0. The second-order valence-corrected chi connectivity index (χ2v) is 3.86. The Kier molecular flexibility index (Phi) is 8.58. The van der Waals surface area contributed by atoms with Gasteiger partial charge in [-0.15, -0.1) is 0 Å². The Bertz CT molecular complexity index is 216. The third-order valence-electron chi connectivity index (χ3n) is 2.63. The van der Waals surface area contributed by atoms with Crippen molar-refractivity contribution >= 4 is 11.9 Å². The third kappa shape index (κ3) is 6.43. The summed E-state index contributed by atoms with van der Waals surface area (Å²) in [6.07, 6.45) is 4.20. The lowest BCUT2D eigenvalue weighted by atomic mass is 9.98. The van der Waals surface area contributed by atoms with Gasteiger partial charge in [0, 0.05) is 12.5 Å². The minimum atomic E-state index is -0.290. The van der Waals surface area contributed by atoms with E-state index in [1.165, 1.54) is 7.11 Å². The molecule has 1 atom stereocenters. The lowest BCUT2D eigenvalue weighted by Crippen LogP contribution is -2.32. The van der Waals surface area contributed by atoms with Crippen molar-refractivity contribution in [3.05, 3.63) is 0 Å². The van der Waals surface area contributed by atoms with E-state index in [1.807, 2.05) is 6.92 Å². The Hall–Kier alpha value is -1.06. The molecule has 0 aliphatic rings. The number of rotatable bonds is 8. The molecule has 94 valence electrons. The van der Waals surface area contributed by atoms with Crippen LogP contribution in [0.1, 0.15) is 46.0 Å². The average Bonchev–Trinajstić information content (AvgIpc) is 2.29. The van der Waals surface area contributed by atoms with E-state index in [-0.39, 0.29) is 24.2 Å². The second-order valence-electron chi connectivity index (χ2n) is 3.86. The molecule has 4 heteroatoms. The van der Waals surface area contributed by atoms with E-state index in [1.54, 1.807) is 0 Å². The van der Waals surface area contributed by atoms with Crippen LogP contribution in [0.15, 0.2) is 0 Å². The number of methoxy groups -OCH3 is 1. The molecule has 0 fully saturated rings. The number of nitrogens with one attached hydrogen (secondary N) is 1. The van der Waals surface area contributed by atoms with Crippen LogP contribution < -0.4 is 5.32 Å².